The number of para-hydroxylation sites is 1. The first-order chi connectivity index (χ1) is 14.2. The second-order valence-corrected chi connectivity index (χ2v) is 8.01. The number of fused-ring (bicyclic) bond motifs is 2. The van der Waals surface area contributed by atoms with E-state index in [4.69, 9.17) is 0 Å². The Balaban J connectivity index is 1.53. The van der Waals surface area contributed by atoms with Crippen LogP contribution in [0.2, 0.25) is 0 Å². The molecule has 1 aromatic heterocycles. The lowest BCUT2D eigenvalue weighted by Gasteiger charge is -2.28. The van der Waals surface area contributed by atoms with Gasteiger partial charge in [0.1, 0.15) is 0 Å². The van der Waals surface area contributed by atoms with Crippen LogP contribution in [0.1, 0.15) is 17.5 Å². The maximum absolute atomic E-state index is 12.9. The largest absolute Gasteiger partial charge is 0.396 e. The van der Waals surface area contributed by atoms with E-state index in [9.17, 15) is 14.7 Å². The van der Waals surface area contributed by atoms with E-state index in [-0.39, 0.29) is 23.8 Å². The van der Waals surface area contributed by atoms with Crippen LogP contribution < -0.4 is 5.56 Å². The Labute approximate surface area is 173 Å². The minimum absolute atomic E-state index is 0.00447. The standard InChI is InChI=1S/C22H23N3O3S/c26-13-5-11-25-21(28)18-8-3-4-9-19(18)23-22(25)29-15-20(27)24-12-10-16-6-1-2-7-17(16)14-24/h1-4,6-9,26H,5,10-15H2. The van der Waals surface area contributed by atoms with Crippen LogP contribution in [0.15, 0.2) is 58.5 Å². The zero-order chi connectivity index (χ0) is 20.2. The molecule has 1 aliphatic rings. The molecule has 1 aliphatic heterocycles. The predicted molar refractivity (Wildman–Crippen MR) is 114 cm³/mol. The molecule has 0 saturated carbocycles. The highest BCUT2D eigenvalue weighted by Crippen LogP contribution is 2.22. The van der Waals surface area contributed by atoms with Gasteiger partial charge in [-0.3, -0.25) is 14.2 Å². The fourth-order valence-electron chi connectivity index (χ4n) is 3.61. The number of hydrogen-bond acceptors (Lipinski definition) is 5. The fourth-order valence-corrected chi connectivity index (χ4v) is 4.54. The molecule has 7 heteroatoms. The summed E-state index contributed by atoms with van der Waals surface area (Å²) < 4.78 is 1.57. The van der Waals surface area contributed by atoms with Gasteiger partial charge in [-0.15, -0.1) is 0 Å². The molecule has 0 bridgehead atoms. The van der Waals surface area contributed by atoms with Gasteiger partial charge < -0.3 is 10.0 Å². The van der Waals surface area contributed by atoms with Crippen LogP contribution in [0, 0.1) is 0 Å². The van der Waals surface area contributed by atoms with Crippen molar-refractivity contribution in [1.29, 1.82) is 0 Å². The average Bonchev–Trinajstić information content (AvgIpc) is 2.76. The van der Waals surface area contributed by atoms with Gasteiger partial charge in [-0.25, -0.2) is 4.98 Å². The van der Waals surface area contributed by atoms with Gasteiger partial charge in [0, 0.05) is 26.2 Å². The third-order valence-corrected chi connectivity index (χ3v) is 6.14. The molecule has 2 heterocycles. The smallest absolute Gasteiger partial charge is 0.262 e. The van der Waals surface area contributed by atoms with E-state index in [0.717, 1.165) is 6.42 Å². The van der Waals surface area contributed by atoms with Gasteiger partial charge in [-0.2, -0.15) is 0 Å². The minimum Gasteiger partial charge on any atom is -0.396 e. The van der Waals surface area contributed by atoms with Crippen molar-refractivity contribution in [3.8, 4) is 0 Å². The monoisotopic (exact) mass is 409 g/mol. The highest BCUT2D eigenvalue weighted by atomic mass is 32.2. The SMILES string of the molecule is O=C(CSc1nc2ccccc2c(=O)n1CCCO)N1CCc2ccccc2C1. The average molecular weight is 410 g/mol. The van der Waals surface area contributed by atoms with E-state index in [1.54, 1.807) is 16.7 Å². The number of aromatic nitrogens is 2. The summed E-state index contributed by atoms with van der Waals surface area (Å²) in [6.07, 6.45) is 1.33. The number of nitrogens with zero attached hydrogens (tertiary/aromatic N) is 3. The summed E-state index contributed by atoms with van der Waals surface area (Å²) >= 11 is 1.29. The molecule has 4 rings (SSSR count). The Morgan fingerprint density at radius 1 is 1.10 bits per heavy atom. The molecule has 0 unspecified atom stereocenters. The second kappa shape index (κ2) is 8.80. The Bertz CT molecular complexity index is 1100. The molecule has 0 saturated heterocycles. The van der Waals surface area contributed by atoms with Gasteiger partial charge >= 0.3 is 0 Å². The molecule has 6 nitrogen and oxygen atoms in total. The van der Waals surface area contributed by atoms with E-state index in [1.165, 1.54) is 22.9 Å². The maximum Gasteiger partial charge on any atom is 0.262 e. The Hall–Kier alpha value is -2.64. The summed E-state index contributed by atoms with van der Waals surface area (Å²) in [6, 6.07) is 15.4. The van der Waals surface area contributed by atoms with Crippen LogP contribution in [0.25, 0.3) is 10.9 Å². The van der Waals surface area contributed by atoms with Gasteiger partial charge in [-0.05, 0) is 36.1 Å². The van der Waals surface area contributed by atoms with Gasteiger partial charge in [-0.1, -0.05) is 48.2 Å². The number of amides is 1. The van der Waals surface area contributed by atoms with E-state index >= 15 is 0 Å². The van der Waals surface area contributed by atoms with E-state index in [1.807, 2.05) is 29.2 Å². The summed E-state index contributed by atoms with van der Waals surface area (Å²) in [7, 11) is 0. The molecule has 0 radical (unpaired) electrons. The first-order valence-corrected chi connectivity index (χ1v) is 10.7. The fraction of sp³-hybridized carbons (Fsp3) is 0.318. The third kappa shape index (κ3) is 4.21. The van der Waals surface area contributed by atoms with Crippen LogP contribution >= 0.6 is 11.8 Å². The van der Waals surface area contributed by atoms with Crippen molar-refractivity contribution in [1.82, 2.24) is 14.5 Å². The molecular weight excluding hydrogens is 386 g/mol. The van der Waals surface area contributed by atoms with Gasteiger partial charge in [0.05, 0.1) is 16.7 Å². The number of carbonyl (C=O) groups is 1. The predicted octanol–water partition coefficient (Wildman–Crippen LogP) is 2.46. The topological polar surface area (TPSA) is 75.4 Å². The Morgan fingerprint density at radius 2 is 1.86 bits per heavy atom. The quantitative estimate of drug-likeness (QED) is 0.500. The number of thioether (sulfide) groups is 1. The molecule has 150 valence electrons. The summed E-state index contributed by atoms with van der Waals surface area (Å²) in [5, 5.41) is 10.3. The van der Waals surface area contributed by atoms with Crippen molar-refractivity contribution in [2.24, 2.45) is 0 Å². The minimum atomic E-state index is -0.133. The normalized spacial score (nSPS) is 13.5. The van der Waals surface area contributed by atoms with Crippen LogP contribution in [-0.4, -0.2) is 44.4 Å². The molecule has 0 aliphatic carbocycles. The van der Waals surface area contributed by atoms with Gasteiger partial charge in [0.2, 0.25) is 5.91 Å². The number of carbonyl (C=O) groups excluding carboxylic acids is 1. The van der Waals surface area contributed by atoms with Gasteiger partial charge in [0.25, 0.3) is 5.56 Å². The van der Waals surface area contributed by atoms with Crippen LogP contribution in [0.5, 0.6) is 0 Å². The van der Waals surface area contributed by atoms with Gasteiger partial charge in [0.15, 0.2) is 5.16 Å². The zero-order valence-corrected chi connectivity index (χ0v) is 16.9. The number of hydrogen-bond donors (Lipinski definition) is 1. The zero-order valence-electron chi connectivity index (χ0n) is 16.1. The Morgan fingerprint density at radius 3 is 2.69 bits per heavy atom. The molecule has 3 aromatic rings. The van der Waals surface area contributed by atoms with Crippen molar-refractivity contribution in [2.45, 2.75) is 31.1 Å². The molecule has 0 fully saturated rings. The highest BCUT2D eigenvalue weighted by Gasteiger charge is 2.21. The lowest BCUT2D eigenvalue weighted by atomic mass is 10.00. The van der Waals surface area contributed by atoms with Crippen molar-refractivity contribution in [3.63, 3.8) is 0 Å². The number of aliphatic hydroxyl groups is 1. The first-order valence-electron chi connectivity index (χ1n) is 9.75. The lowest BCUT2D eigenvalue weighted by Crippen LogP contribution is -2.37. The summed E-state index contributed by atoms with van der Waals surface area (Å²) in [5.41, 5.74) is 2.99. The van der Waals surface area contributed by atoms with Crippen molar-refractivity contribution in [2.75, 3.05) is 18.9 Å². The second-order valence-electron chi connectivity index (χ2n) is 7.07. The molecule has 29 heavy (non-hydrogen) atoms. The van der Waals surface area contributed by atoms with E-state index in [0.29, 0.717) is 42.1 Å². The first kappa shape index (κ1) is 19.7. The van der Waals surface area contributed by atoms with Crippen LogP contribution in [-0.2, 0) is 24.3 Å². The number of benzene rings is 2. The van der Waals surface area contributed by atoms with Crippen molar-refractivity contribution >= 4 is 28.6 Å². The van der Waals surface area contributed by atoms with Crippen LogP contribution in [0.3, 0.4) is 0 Å². The number of aliphatic hydroxyl groups excluding tert-OH is 1. The molecule has 1 N–H and O–H groups in total. The Kier molecular flexibility index (Phi) is 5.97. The molecular formula is C22H23N3O3S. The number of rotatable bonds is 6. The van der Waals surface area contributed by atoms with E-state index in [2.05, 4.69) is 17.1 Å². The van der Waals surface area contributed by atoms with Crippen molar-refractivity contribution in [3.05, 3.63) is 70.0 Å². The summed E-state index contributed by atoms with van der Waals surface area (Å²) in [6.45, 7) is 1.70. The summed E-state index contributed by atoms with van der Waals surface area (Å²) in [4.78, 5) is 32.2. The highest BCUT2D eigenvalue weighted by molar-refractivity contribution is 7.99. The van der Waals surface area contributed by atoms with Crippen LogP contribution in [0.4, 0.5) is 0 Å². The lowest BCUT2D eigenvalue weighted by molar-refractivity contribution is -0.129. The van der Waals surface area contributed by atoms with E-state index < -0.39 is 0 Å². The van der Waals surface area contributed by atoms with Crippen molar-refractivity contribution < 1.29 is 9.90 Å². The molecule has 0 atom stereocenters. The third-order valence-electron chi connectivity index (χ3n) is 5.17. The maximum atomic E-state index is 12.9. The summed E-state index contributed by atoms with van der Waals surface area (Å²) in [5.74, 6) is 0.270. The molecule has 0 spiro atoms. The molecule has 2 aromatic carbocycles. The molecule has 1 amide bonds.